The largest absolute Gasteiger partial charge is 0.376 e. The number of rotatable bonds is 4. The van der Waals surface area contributed by atoms with Gasteiger partial charge in [0.25, 0.3) is 0 Å². The highest BCUT2D eigenvalue weighted by molar-refractivity contribution is 9.10. The van der Waals surface area contributed by atoms with Crippen LogP contribution in [0.3, 0.4) is 0 Å². The average molecular weight is 333 g/mol. The van der Waals surface area contributed by atoms with E-state index in [9.17, 15) is 4.79 Å². The first-order valence-electron chi connectivity index (χ1n) is 6.42. The van der Waals surface area contributed by atoms with Crippen LogP contribution in [0.5, 0.6) is 0 Å². The number of aryl methyl sites for hydroxylation is 2. The number of benzene rings is 2. The Morgan fingerprint density at radius 3 is 2.50 bits per heavy atom. The van der Waals surface area contributed by atoms with E-state index in [4.69, 9.17) is 0 Å². The molecule has 2 N–H and O–H groups in total. The molecule has 0 aliphatic carbocycles. The molecular formula is C16H17BrN2O. The zero-order chi connectivity index (χ0) is 14.5. The van der Waals surface area contributed by atoms with E-state index in [1.807, 2.05) is 56.3 Å². The Morgan fingerprint density at radius 1 is 1.05 bits per heavy atom. The van der Waals surface area contributed by atoms with Crippen LogP contribution in [0.1, 0.15) is 11.1 Å². The highest BCUT2D eigenvalue weighted by Crippen LogP contribution is 2.20. The Bertz CT molecular complexity index is 626. The van der Waals surface area contributed by atoms with Crippen LogP contribution >= 0.6 is 15.9 Å². The molecule has 0 aliphatic rings. The highest BCUT2D eigenvalue weighted by Gasteiger charge is 2.05. The van der Waals surface area contributed by atoms with Gasteiger partial charge in [-0.3, -0.25) is 4.79 Å². The number of anilines is 2. The van der Waals surface area contributed by atoms with Crippen LogP contribution in [0, 0.1) is 13.8 Å². The van der Waals surface area contributed by atoms with Crippen molar-refractivity contribution in [1.29, 1.82) is 0 Å². The van der Waals surface area contributed by atoms with Crippen LogP contribution < -0.4 is 10.6 Å². The van der Waals surface area contributed by atoms with E-state index in [0.717, 1.165) is 27.0 Å². The van der Waals surface area contributed by atoms with Gasteiger partial charge in [0, 0.05) is 15.8 Å². The van der Waals surface area contributed by atoms with Gasteiger partial charge < -0.3 is 10.6 Å². The van der Waals surface area contributed by atoms with Gasteiger partial charge in [-0.05, 0) is 43.2 Å². The van der Waals surface area contributed by atoms with Crippen molar-refractivity contribution in [2.24, 2.45) is 0 Å². The second-order valence-corrected chi connectivity index (χ2v) is 5.59. The number of nitrogens with one attached hydrogen (secondary N) is 2. The molecule has 2 rings (SSSR count). The topological polar surface area (TPSA) is 41.1 Å². The smallest absolute Gasteiger partial charge is 0.243 e. The van der Waals surface area contributed by atoms with Crippen molar-refractivity contribution in [3.8, 4) is 0 Å². The molecule has 2 aromatic carbocycles. The Labute approximate surface area is 127 Å². The molecule has 0 aromatic heterocycles. The van der Waals surface area contributed by atoms with Gasteiger partial charge >= 0.3 is 0 Å². The number of amides is 1. The molecule has 0 heterocycles. The number of hydrogen-bond donors (Lipinski definition) is 2. The molecule has 0 unspecified atom stereocenters. The van der Waals surface area contributed by atoms with Crippen molar-refractivity contribution in [3.05, 3.63) is 58.1 Å². The molecule has 0 aliphatic heterocycles. The summed E-state index contributed by atoms with van der Waals surface area (Å²) in [5, 5.41) is 6.05. The molecular weight excluding hydrogens is 316 g/mol. The Balaban J connectivity index is 1.96. The van der Waals surface area contributed by atoms with Crippen LogP contribution in [-0.2, 0) is 4.79 Å². The molecule has 0 fully saturated rings. The third-order valence-electron chi connectivity index (χ3n) is 3.06. The summed E-state index contributed by atoms with van der Waals surface area (Å²) in [5.74, 6) is -0.0568. The fourth-order valence-electron chi connectivity index (χ4n) is 1.87. The number of hydrogen-bond acceptors (Lipinski definition) is 2. The maximum Gasteiger partial charge on any atom is 0.243 e. The highest BCUT2D eigenvalue weighted by atomic mass is 79.9. The minimum Gasteiger partial charge on any atom is -0.376 e. The molecule has 0 spiro atoms. The Morgan fingerprint density at radius 2 is 1.75 bits per heavy atom. The third-order valence-corrected chi connectivity index (χ3v) is 3.55. The van der Waals surface area contributed by atoms with Crippen LogP contribution in [-0.4, -0.2) is 12.5 Å². The lowest BCUT2D eigenvalue weighted by Crippen LogP contribution is -2.22. The minimum absolute atomic E-state index is 0.0568. The minimum atomic E-state index is -0.0568. The first-order chi connectivity index (χ1) is 9.56. The average Bonchev–Trinajstić information content (AvgIpc) is 2.42. The van der Waals surface area contributed by atoms with Crippen LogP contribution in [0.2, 0.25) is 0 Å². The molecule has 20 heavy (non-hydrogen) atoms. The van der Waals surface area contributed by atoms with E-state index in [1.165, 1.54) is 0 Å². The fraction of sp³-hybridized carbons (Fsp3) is 0.188. The van der Waals surface area contributed by atoms with Gasteiger partial charge in [0.2, 0.25) is 5.91 Å². The van der Waals surface area contributed by atoms with Crippen LogP contribution in [0.25, 0.3) is 0 Å². The summed E-state index contributed by atoms with van der Waals surface area (Å²) in [6.07, 6.45) is 0. The molecule has 104 valence electrons. The molecule has 4 heteroatoms. The molecule has 0 radical (unpaired) electrons. The molecule has 2 aromatic rings. The first kappa shape index (κ1) is 14.6. The van der Waals surface area contributed by atoms with E-state index in [1.54, 1.807) is 0 Å². The number of carbonyl (C=O) groups is 1. The number of halogens is 1. The van der Waals surface area contributed by atoms with Crippen LogP contribution in [0.15, 0.2) is 46.9 Å². The predicted octanol–water partition coefficient (Wildman–Crippen LogP) is 4.12. The summed E-state index contributed by atoms with van der Waals surface area (Å²) >= 11 is 3.43. The monoisotopic (exact) mass is 332 g/mol. The molecule has 0 bridgehead atoms. The van der Waals surface area contributed by atoms with E-state index in [2.05, 4.69) is 26.6 Å². The number of para-hydroxylation sites is 1. The van der Waals surface area contributed by atoms with Crippen molar-refractivity contribution in [3.63, 3.8) is 0 Å². The lowest BCUT2D eigenvalue weighted by molar-refractivity contribution is -0.114. The zero-order valence-electron chi connectivity index (χ0n) is 11.5. The van der Waals surface area contributed by atoms with Crippen molar-refractivity contribution >= 4 is 33.2 Å². The van der Waals surface area contributed by atoms with E-state index in [-0.39, 0.29) is 12.5 Å². The molecule has 0 saturated heterocycles. The second kappa shape index (κ2) is 6.57. The van der Waals surface area contributed by atoms with Gasteiger partial charge in [-0.1, -0.05) is 40.2 Å². The van der Waals surface area contributed by atoms with Gasteiger partial charge in [0.1, 0.15) is 0 Å². The third kappa shape index (κ3) is 3.84. The van der Waals surface area contributed by atoms with Crippen molar-refractivity contribution < 1.29 is 4.79 Å². The molecule has 0 saturated carbocycles. The molecule has 0 atom stereocenters. The summed E-state index contributed by atoms with van der Waals surface area (Å²) in [5.41, 5.74) is 3.97. The quantitative estimate of drug-likeness (QED) is 0.884. The fourth-order valence-corrected chi connectivity index (χ4v) is 2.23. The SMILES string of the molecule is Cc1ccc(Br)cc1NCC(=O)Nc1ccccc1C. The van der Waals surface area contributed by atoms with E-state index < -0.39 is 0 Å². The number of carbonyl (C=O) groups excluding carboxylic acids is 1. The Hall–Kier alpha value is -1.81. The lowest BCUT2D eigenvalue weighted by Gasteiger charge is -2.11. The summed E-state index contributed by atoms with van der Waals surface area (Å²) in [6.45, 7) is 4.22. The van der Waals surface area contributed by atoms with E-state index >= 15 is 0 Å². The van der Waals surface area contributed by atoms with Crippen molar-refractivity contribution in [1.82, 2.24) is 0 Å². The van der Waals surface area contributed by atoms with Crippen molar-refractivity contribution in [2.45, 2.75) is 13.8 Å². The predicted molar refractivity (Wildman–Crippen MR) is 87.2 cm³/mol. The standard InChI is InChI=1S/C16H17BrN2O/c1-11-5-3-4-6-14(11)19-16(20)10-18-15-9-13(17)8-7-12(15)2/h3-9,18H,10H2,1-2H3,(H,19,20). The Kier molecular flexibility index (Phi) is 4.79. The van der Waals surface area contributed by atoms with Gasteiger partial charge in [-0.2, -0.15) is 0 Å². The van der Waals surface area contributed by atoms with Gasteiger partial charge in [0.15, 0.2) is 0 Å². The normalized spacial score (nSPS) is 10.2. The molecule has 1 amide bonds. The van der Waals surface area contributed by atoms with Gasteiger partial charge in [0.05, 0.1) is 6.54 Å². The zero-order valence-corrected chi connectivity index (χ0v) is 13.1. The van der Waals surface area contributed by atoms with Crippen LogP contribution in [0.4, 0.5) is 11.4 Å². The van der Waals surface area contributed by atoms with Crippen molar-refractivity contribution in [2.75, 3.05) is 17.2 Å². The summed E-state index contributed by atoms with van der Waals surface area (Å²) in [4.78, 5) is 11.9. The van der Waals surface area contributed by atoms with Gasteiger partial charge in [-0.15, -0.1) is 0 Å². The molecule has 3 nitrogen and oxygen atoms in total. The maximum absolute atomic E-state index is 11.9. The maximum atomic E-state index is 11.9. The van der Waals surface area contributed by atoms with E-state index in [0.29, 0.717) is 0 Å². The first-order valence-corrected chi connectivity index (χ1v) is 7.21. The second-order valence-electron chi connectivity index (χ2n) is 4.68. The summed E-state index contributed by atoms with van der Waals surface area (Å²) in [7, 11) is 0. The summed E-state index contributed by atoms with van der Waals surface area (Å²) < 4.78 is 0.991. The lowest BCUT2D eigenvalue weighted by atomic mass is 10.2. The van der Waals surface area contributed by atoms with Gasteiger partial charge in [-0.25, -0.2) is 0 Å². The summed E-state index contributed by atoms with van der Waals surface area (Å²) in [6, 6.07) is 13.7.